The molecular weight excluding hydrogens is 361 g/mol. The molecule has 0 saturated carbocycles. The third-order valence-electron chi connectivity index (χ3n) is 3.80. The second-order valence-corrected chi connectivity index (χ2v) is 6.91. The number of nitrogens with one attached hydrogen (secondary N) is 2. The van der Waals surface area contributed by atoms with Crippen LogP contribution in [0.5, 0.6) is 0 Å². The van der Waals surface area contributed by atoms with Gasteiger partial charge in [0.05, 0.1) is 5.03 Å². The van der Waals surface area contributed by atoms with E-state index in [4.69, 9.17) is 0 Å². The molecule has 0 aliphatic rings. The fourth-order valence-corrected chi connectivity index (χ4v) is 3.32. The number of amides is 2. The van der Waals surface area contributed by atoms with E-state index in [2.05, 4.69) is 15.6 Å². The van der Waals surface area contributed by atoms with E-state index in [0.29, 0.717) is 13.0 Å². The minimum atomic E-state index is -0.277. The predicted molar refractivity (Wildman–Crippen MR) is 107 cm³/mol. The Balaban J connectivity index is 1.46. The normalized spacial score (nSPS) is 10.4. The number of nitrogens with zero attached hydrogens (tertiary/aromatic N) is 1. The van der Waals surface area contributed by atoms with E-state index in [1.165, 1.54) is 12.1 Å². The summed E-state index contributed by atoms with van der Waals surface area (Å²) in [5.41, 5.74) is 2.68. The Morgan fingerprint density at radius 2 is 1.85 bits per heavy atom. The summed E-state index contributed by atoms with van der Waals surface area (Å²) in [6.45, 7) is 0.435. The van der Waals surface area contributed by atoms with E-state index >= 15 is 0 Å². The number of rotatable bonds is 7. The van der Waals surface area contributed by atoms with Crippen molar-refractivity contribution in [2.45, 2.75) is 17.2 Å². The lowest BCUT2D eigenvalue weighted by molar-refractivity contribution is 0.252. The number of pyridine rings is 1. The molecule has 0 saturated heterocycles. The second kappa shape index (κ2) is 9.73. The third kappa shape index (κ3) is 6.42. The van der Waals surface area contributed by atoms with Crippen LogP contribution >= 0.6 is 11.8 Å². The van der Waals surface area contributed by atoms with Gasteiger partial charge < -0.3 is 10.6 Å². The van der Waals surface area contributed by atoms with Crippen LogP contribution in [0.15, 0.2) is 78.0 Å². The van der Waals surface area contributed by atoms with Crippen molar-refractivity contribution < 1.29 is 9.18 Å². The van der Waals surface area contributed by atoms with Gasteiger partial charge in [-0.05, 0) is 53.9 Å². The monoisotopic (exact) mass is 381 g/mol. The fraction of sp³-hybridized carbons (Fsp3) is 0.143. The number of anilines is 1. The van der Waals surface area contributed by atoms with E-state index in [1.807, 2.05) is 48.5 Å². The topological polar surface area (TPSA) is 54.0 Å². The van der Waals surface area contributed by atoms with Gasteiger partial charge in [-0.3, -0.25) is 0 Å². The van der Waals surface area contributed by atoms with Crippen molar-refractivity contribution in [3.05, 3.63) is 89.9 Å². The Kier molecular flexibility index (Phi) is 6.82. The van der Waals surface area contributed by atoms with Crippen LogP contribution in [0.2, 0.25) is 0 Å². The molecule has 0 atom stereocenters. The van der Waals surface area contributed by atoms with Crippen molar-refractivity contribution in [2.24, 2.45) is 0 Å². The van der Waals surface area contributed by atoms with Gasteiger partial charge in [0.15, 0.2) is 0 Å². The molecule has 27 heavy (non-hydrogen) atoms. The van der Waals surface area contributed by atoms with Gasteiger partial charge in [0.2, 0.25) is 0 Å². The van der Waals surface area contributed by atoms with E-state index in [1.54, 1.807) is 24.0 Å². The molecule has 2 amide bonds. The first-order chi connectivity index (χ1) is 13.2. The van der Waals surface area contributed by atoms with Crippen molar-refractivity contribution in [1.29, 1.82) is 0 Å². The van der Waals surface area contributed by atoms with Gasteiger partial charge in [-0.25, -0.2) is 14.2 Å². The van der Waals surface area contributed by atoms with Gasteiger partial charge >= 0.3 is 6.03 Å². The van der Waals surface area contributed by atoms with Crippen LogP contribution in [0, 0.1) is 5.82 Å². The molecule has 0 fully saturated rings. The Bertz CT molecular complexity index is 889. The van der Waals surface area contributed by atoms with Gasteiger partial charge in [0.25, 0.3) is 0 Å². The number of carbonyl (C=O) groups excluding carboxylic acids is 1. The largest absolute Gasteiger partial charge is 0.338 e. The molecule has 3 rings (SSSR count). The third-order valence-corrected chi connectivity index (χ3v) is 4.81. The smallest absolute Gasteiger partial charge is 0.319 e. The Morgan fingerprint density at radius 1 is 1.00 bits per heavy atom. The number of halogens is 1. The summed E-state index contributed by atoms with van der Waals surface area (Å²) in [5, 5.41) is 6.58. The molecular formula is C21H20FN3OS. The molecule has 1 heterocycles. The predicted octanol–water partition coefficient (Wildman–Crippen LogP) is 4.88. The molecule has 0 aliphatic carbocycles. The van der Waals surface area contributed by atoms with Crippen molar-refractivity contribution in [3.8, 4) is 0 Å². The summed E-state index contributed by atoms with van der Waals surface area (Å²) < 4.78 is 13.1. The molecule has 4 nitrogen and oxygen atoms in total. The molecule has 1 aromatic heterocycles. The molecule has 0 bridgehead atoms. The number of aromatic nitrogens is 1. The van der Waals surface area contributed by atoms with Crippen molar-refractivity contribution in [3.63, 3.8) is 0 Å². The maximum absolute atomic E-state index is 13.1. The number of benzene rings is 2. The zero-order valence-electron chi connectivity index (χ0n) is 14.7. The first kappa shape index (κ1) is 18.9. The number of urea groups is 1. The van der Waals surface area contributed by atoms with Gasteiger partial charge in [0.1, 0.15) is 5.82 Å². The minimum absolute atomic E-state index is 0.266. The van der Waals surface area contributed by atoms with E-state index in [0.717, 1.165) is 27.6 Å². The molecule has 0 aliphatic heterocycles. The Hall–Kier alpha value is -2.86. The van der Waals surface area contributed by atoms with Crippen LogP contribution in [-0.2, 0) is 12.2 Å². The SMILES string of the molecule is O=C(NCCc1cccc(F)c1)Nc1cccc(CSc2ccccn2)c1. The first-order valence-electron chi connectivity index (χ1n) is 8.61. The van der Waals surface area contributed by atoms with Crippen LogP contribution in [0.1, 0.15) is 11.1 Å². The summed E-state index contributed by atoms with van der Waals surface area (Å²) >= 11 is 1.64. The van der Waals surface area contributed by atoms with Gasteiger partial charge in [-0.1, -0.05) is 30.3 Å². The van der Waals surface area contributed by atoms with Crippen molar-refractivity contribution in [2.75, 3.05) is 11.9 Å². The van der Waals surface area contributed by atoms with Crippen LogP contribution in [-0.4, -0.2) is 17.6 Å². The summed E-state index contributed by atoms with van der Waals surface area (Å²) in [4.78, 5) is 16.3. The van der Waals surface area contributed by atoms with Gasteiger partial charge in [0, 0.05) is 24.2 Å². The number of hydrogen-bond acceptors (Lipinski definition) is 3. The zero-order valence-corrected chi connectivity index (χ0v) is 15.5. The van der Waals surface area contributed by atoms with Crippen LogP contribution in [0.3, 0.4) is 0 Å². The van der Waals surface area contributed by atoms with Crippen molar-refractivity contribution in [1.82, 2.24) is 10.3 Å². The number of hydrogen-bond donors (Lipinski definition) is 2. The van der Waals surface area contributed by atoms with Gasteiger partial charge in [-0.2, -0.15) is 0 Å². The molecule has 0 unspecified atom stereocenters. The van der Waals surface area contributed by atoms with E-state index in [-0.39, 0.29) is 11.8 Å². The maximum atomic E-state index is 13.1. The van der Waals surface area contributed by atoms with Gasteiger partial charge in [-0.15, -0.1) is 11.8 Å². The Morgan fingerprint density at radius 3 is 2.67 bits per heavy atom. The summed E-state index contributed by atoms with van der Waals surface area (Å²) in [5.74, 6) is 0.505. The number of thioether (sulfide) groups is 1. The standard InChI is InChI=1S/C21H20FN3OS/c22-18-7-3-5-16(13-18)10-12-24-21(26)25-19-8-4-6-17(14-19)15-27-20-9-1-2-11-23-20/h1-9,11,13-14H,10,12,15H2,(H2,24,25,26). The maximum Gasteiger partial charge on any atom is 0.319 e. The number of carbonyl (C=O) groups is 1. The zero-order chi connectivity index (χ0) is 18.9. The average molecular weight is 381 g/mol. The molecule has 138 valence electrons. The molecule has 6 heteroatoms. The fourth-order valence-electron chi connectivity index (χ4n) is 2.52. The highest BCUT2D eigenvalue weighted by Crippen LogP contribution is 2.22. The molecule has 0 spiro atoms. The Labute approximate surface area is 162 Å². The molecule has 2 aromatic carbocycles. The second-order valence-electron chi connectivity index (χ2n) is 5.92. The lowest BCUT2D eigenvalue weighted by Crippen LogP contribution is -2.30. The minimum Gasteiger partial charge on any atom is -0.338 e. The van der Waals surface area contributed by atoms with E-state index < -0.39 is 0 Å². The van der Waals surface area contributed by atoms with Crippen LogP contribution in [0.4, 0.5) is 14.9 Å². The van der Waals surface area contributed by atoms with E-state index in [9.17, 15) is 9.18 Å². The molecule has 3 aromatic rings. The highest BCUT2D eigenvalue weighted by molar-refractivity contribution is 7.98. The highest BCUT2D eigenvalue weighted by atomic mass is 32.2. The van der Waals surface area contributed by atoms with Crippen molar-refractivity contribution >= 4 is 23.5 Å². The summed E-state index contributed by atoms with van der Waals surface area (Å²) in [6, 6.07) is 19.7. The lowest BCUT2D eigenvalue weighted by Gasteiger charge is -2.09. The van der Waals surface area contributed by atoms with Crippen LogP contribution < -0.4 is 10.6 Å². The molecule has 2 N–H and O–H groups in total. The average Bonchev–Trinajstić information content (AvgIpc) is 2.68. The highest BCUT2D eigenvalue weighted by Gasteiger charge is 2.04. The molecule has 0 radical (unpaired) electrons. The quantitative estimate of drug-likeness (QED) is 0.574. The summed E-state index contributed by atoms with van der Waals surface area (Å²) in [7, 11) is 0. The first-order valence-corrected chi connectivity index (χ1v) is 9.60. The summed E-state index contributed by atoms with van der Waals surface area (Å²) in [6.07, 6.45) is 2.35. The lowest BCUT2D eigenvalue weighted by atomic mass is 10.1. The van der Waals surface area contributed by atoms with Crippen LogP contribution in [0.25, 0.3) is 0 Å².